The van der Waals surface area contributed by atoms with E-state index in [1.807, 2.05) is 18.2 Å². The minimum Gasteiger partial charge on any atom is -0.338 e. The van der Waals surface area contributed by atoms with Gasteiger partial charge in [-0.1, -0.05) is 30.3 Å². The van der Waals surface area contributed by atoms with Crippen LogP contribution in [-0.2, 0) is 6.42 Å². The lowest BCUT2D eigenvalue weighted by Crippen LogP contribution is -2.19. The second kappa shape index (κ2) is 5.40. The number of benzene rings is 1. The summed E-state index contributed by atoms with van der Waals surface area (Å²) < 4.78 is 5.28. The fourth-order valence-electron chi connectivity index (χ4n) is 2.38. The second-order valence-electron chi connectivity index (χ2n) is 4.92. The van der Waals surface area contributed by atoms with Gasteiger partial charge in [0.05, 0.1) is 6.04 Å². The van der Waals surface area contributed by atoms with Gasteiger partial charge in [-0.25, -0.2) is 0 Å². The molecule has 1 aromatic carbocycles. The average molecular weight is 258 g/mol. The Kier molecular flexibility index (Phi) is 3.46. The number of hydrogen-bond acceptors (Lipinski definition) is 5. The van der Waals surface area contributed by atoms with Crippen molar-refractivity contribution in [3.63, 3.8) is 0 Å². The van der Waals surface area contributed by atoms with Crippen LogP contribution < -0.4 is 10.6 Å². The predicted molar refractivity (Wildman–Crippen MR) is 72.8 cm³/mol. The van der Waals surface area contributed by atoms with E-state index in [1.54, 1.807) is 0 Å². The Labute approximate surface area is 112 Å². The molecule has 1 aromatic heterocycles. The van der Waals surface area contributed by atoms with E-state index in [4.69, 9.17) is 10.3 Å². The SMILES string of the molecule is NC(Cc1ccccc1)c1nc(N2CCCC2)no1. The van der Waals surface area contributed by atoms with Crippen LogP contribution in [0.1, 0.15) is 30.3 Å². The van der Waals surface area contributed by atoms with Crippen molar-refractivity contribution in [1.29, 1.82) is 0 Å². The molecule has 0 aliphatic carbocycles. The Morgan fingerprint density at radius 3 is 2.68 bits per heavy atom. The molecule has 0 spiro atoms. The van der Waals surface area contributed by atoms with Crippen LogP contribution in [0.15, 0.2) is 34.9 Å². The summed E-state index contributed by atoms with van der Waals surface area (Å²) >= 11 is 0. The first-order chi connectivity index (χ1) is 9.33. The molecule has 19 heavy (non-hydrogen) atoms. The van der Waals surface area contributed by atoms with Crippen LogP contribution in [0.3, 0.4) is 0 Å². The normalized spacial score (nSPS) is 16.8. The third-order valence-electron chi connectivity index (χ3n) is 3.44. The Bertz CT molecular complexity index is 519. The summed E-state index contributed by atoms with van der Waals surface area (Å²) in [6.45, 7) is 2.01. The maximum Gasteiger partial charge on any atom is 0.266 e. The average Bonchev–Trinajstić information content (AvgIpc) is 3.11. The van der Waals surface area contributed by atoms with E-state index in [0.717, 1.165) is 13.1 Å². The van der Waals surface area contributed by atoms with Crippen molar-refractivity contribution >= 4 is 5.95 Å². The van der Waals surface area contributed by atoms with Gasteiger partial charge in [-0.2, -0.15) is 4.98 Å². The quantitative estimate of drug-likeness (QED) is 0.907. The topological polar surface area (TPSA) is 68.2 Å². The molecular formula is C14H18N4O. The molecule has 2 heterocycles. The van der Waals surface area contributed by atoms with Gasteiger partial charge in [0.2, 0.25) is 5.89 Å². The molecule has 1 unspecified atom stereocenters. The highest BCUT2D eigenvalue weighted by molar-refractivity contribution is 5.29. The number of hydrogen-bond donors (Lipinski definition) is 1. The monoisotopic (exact) mass is 258 g/mol. The summed E-state index contributed by atoms with van der Waals surface area (Å²) in [6.07, 6.45) is 3.10. The van der Waals surface area contributed by atoms with E-state index in [-0.39, 0.29) is 6.04 Å². The van der Waals surface area contributed by atoms with Crippen molar-refractivity contribution in [2.24, 2.45) is 5.73 Å². The largest absolute Gasteiger partial charge is 0.338 e. The predicted octanol–water partition coefficient (Wildman–Crippen LogP) is 1.91. The summed E-state index contributed by atoms with van der Waals surface area (Å²) in [6, 6.07) is 9.87. The highest BCUT2D eigenvalue weighted by Crippen LogP contribution is 2.20. The van der Waals surface area contributed by atoms with E-state index in [0.29, 0.717) is 18.3 Å². The number of nitrogens with two attached hydrogens (primary N) is 1. The van der Waals surface area contributed by atoms with Crippen LogP contribution >= 0.6 is 0 Å². The third-order valence-corrected chi connectivity index (χ3v) is 3.44. The molecular weight excluding hydrogens is 240 g/mol. The van der Waals surface area contributed by atoms with Crippen LogP contribution in [0.5, 0.6) is 0 Å². The summed E-state index contributed by atoms with van der Waals surface area (Å²) in [5, 5.41) is 4.02. The molecule has 3 rings (SSSR count). The summed E-state index contributed by atoms with van der Waals surface area (Å²) in [5.74, 6) is 1.20. The van der Waals surface area contributed by atoms with Gasteiger partial charge < -0.3 is 15.2 Å². The van der Waals surface area contributed by atoms with Crippen molar-refractivity contribution in [2.75, 3.05) is 18.0 Å². The molecule has 1 aliphatic rings. The molecule has 1 atom stereocenters. The molecule has 1 aliphatic heterocycles. The summed E-state index contributed by atoms with van der Waals surface area (Å²) in [5.41, 5.74) is 7.30. The van der Waals surface area contributed by atoms with Gasteiger partial charge in [-0.15, -0.1) is 0 Å². The smallest absolute Gasteiger partial charge is 0.266 e. The van der Waals surface area contributed by atoms with Gasteiger partial charge in [0.25, 0.3) is 5.95 Å². The molecule has 0 amide bonds. The number of nitrogens with zero attached hydrogens (tertiary/aromatic N) is 3. The van der Waals surface area contributed by atoms with Crippen molar-refractivity contribution < 1.29 is 4.52 Å². The first kappa shape index (κ1) is 12.2. The molecule has 2 N–H and O–H groups in total. The van der Waals surface area contributed by atoms with Crippen molar-refractivity contribution in [2.45, 2.75) is 25.3 Å². The highest BCUT2D eigenvalue weighted by atomic mass is 16.5. The van der Waals surface area contributed by atoms with Crippen LogP contribution in [0.2, 0.25) is 0 Å². The van der Waals surface area contributed by atoms with Gasteiger partial charge in [-0.05, 0) is 30.0 Å². The van der Waals surface area contributed by atoms with Crippen LogP contribution in [0, 0.1) is 0 Å². The van der Waals surface area contributed by atoms with Crippen molar-refractivity contribution in [1.82, 2.24) is 10.1 Å². The van der Waals surface area contributed by atoms with E-state index in [1.165, 1.54) is 18.4 Å². The fourth-order valence-corrected chi connectivity index (χ4v) is 2.38. The van der Waals surface area contributed by atoms with E-state index in [9.17, 15) is 0 Å². The Hall–Kier alpha value is -1.88. The second-order valence-corrected chi connectivity index (χ2v) is 4.92. The minimum absolute atomic E-state index is 0.244. The van der Waals surface area contributed by atoms with Crippen LogP contribution in [-0.4, -0.2) is 23.2 Å². The lowest BCUT2D eigenvalue weighted by atomic mass is 10.1. The van der Waals surface area contributed by atoms with Crippen LogP contribution in [0.4, 0.5) is 5.95 Å². The summed E-state index contributed by atoms with van der Waals surface area (Å²) in [7, 11) is 0. The molecule has 100 valence electrons. The molecule has 0 radical (unpaired) electrons. The van der Waals surface area contributed by atoms with Gasteiger partial charge in [0, 0.05) is 13.1 Å². The van der Waals surface area contributed by atoms with E-state index in [2.05, 4.69) is 27.2 Å². The third kappa shape index (κ3) is 2.76. The molecule has 5 nitrogen and oxygen atoms in total. The van der Waals surface area contributed by atoms with Gasteiger partial charge in [0.15, 0.2) is 0 Å². The lowest BCUT2D eigenvalue weighted by molar-refractivity contribution is 0.353. The zero-order valence-electron chi connectivity index (χ0n) is 10.8. The highest BCUT2D eigenvalue weighted by Gasteiger charge is 2.20. The first-order valence-corrected chi connectivity index (χ1v) is 6.71. The molecule has 2 aromatic rings. The zero-order valence-corrected chi connectivity index (χ0v) is 10.8. The summed E-state index contributed by atoms with van der Waals surface area (Å²) in [4.78, 5) is 6.55. The fraction of sp³-hybridized carbons (Fsp3) is 0.429. The Morgan fingerprint density at radius 2 is 1.95 bits per heavy atom. The van der Waals surface area contributed by atoms with Gasteiger partial charge >= 0.3 is 0 Å². The zero-order chi connectivity index (χ0) is 13.1. The Balaban J connectivity index is 1.68. The number of anilines is 1. The van der Waals surface area contributed by atoms with Crippen molar-refractivity contribution in [3.8, 4) is 0 Å². The molecule has 0 saturated carbocycles. The number of aromatic nitrogens is 2. The molecule has 5 heteroatoms. The van der Waals surface area contributed by atoms with Crippen LogP contribution in [0.25, 0.3) is 0 Å². The van der Waals surface area contributed by atoms with Gasteiger partial charge in [0.1, 0.15) is 0 Å². The number of rotatable bonds is 4. The lowest BCUT2D eigenvalue weighted by Gasteiger charge is -2.10. The molecule has 1 saturated heterocycles. The van der Waals surface area contributed by atoms with E-state index >= 15 is 0 Å². The molecule has 0 bridgehead atoms. The maximum atomic E-state index is 6.12. The Morgan fingerprint density at radius 1 is 1.21 bits per heavy atom. The molecule has 1 fully saturated rings. The maximum absolute atomic E-state index is 6.12. The van der Waals surface area contributed by atoms with Gasteiger partial charge in [-0.3, -0.25) is 0 Å². The van der Waals surface area contributed by atoms with Crippen molar-refractivity contribution in [3.05, 3.63) is 41.8 Å². The standard InChI is InChI=1S/C14H18N4O/c15-12(10-11-6-2-1-3-7-11)13-16-14(17-19-13)18-8-4-5-9-18/h1-3,6-7,12H,4-5,8-10,15H2. The minimum atomic E-state index is -0.244. The van der Waals surface area contributed by atoms with E-state index < -0.39 is 0 Å². The first-order valence-electron chi connectivity index (χ1n) is 6.71.